The summed E-state index contributed by atoms with van der Waals surface area (Å²) in [5.41, 5.74) is 2.49. The first-order chi connectivity index (χ1) is 10.2. The molecule has 0 aliphatic rings. The number of rotatable bonds is 0. The van der Waals surface area contributed by atoms with Gasteiger partial charge < -0.3 is 0 Å². The van der Waals surface area contributed by atoms with E-state index in [1.54, 1.807) is 6.07 Å². The molecular formula is C20H15F. The summed E-state index contributed by atoms with van der Waals surface area (Å²) < 4.78 is 13.7. The van der Waals surface area contributed by atoms with Crippen LogP contribution in [-0.4, -0.2) is 0 Å². The summed E-state index contributed by atoms with van der Waals surface area (Å²) in [6.07, 6.45) is 0. The quantitative estimate of drug-likeness (QED) is 0.276. The van der Waals surface area contributed by atoms with E-state index in [1.165, 1.54) is 38.7 Å². The van der Waals surface area contributed by atoms with E-state index in [1.807, 2.05) is 6.07 Å². The van der Waals surface area contributed by atoms with Gasteiger partial charge in [0.2, 0.25) is 0 Å². The van der Waals surface area contributed by atoms with Gasteiger partial charge in [-0.15, -0.1) is 0 Å². The average Bonchev–Trinajstić information content (AvgIpc) is 2.51. The Balaban J connectivity index is 2.36. The molecule has 21 heavy (non-hydrogen) atoms. The van der Waals surface area contributed by atoms with E-state index in [0.29, 0.717) is 0 Å². The van der Waals surface area contributed by atoms with Crippen molar-refractivity contribution in [3.05, 3.63) is 71.5 Å². The van der Waals surface area contributed by atoms with Crippen molar-refractivity contribution in [2.45, 2.75) is 13.8 Å². The second kappa shape index (κ2) is 4.29. The largest absolute Gasteiger partial charge is 0.207 e. The number of fused-ring (bicyclic) bond motifs is 4. The highest BCUT2D eigenvalue weighted by Crippen LogP contribution is 2.36. The van der Waals surface area contributed by atoms with Crippen molar-refractivity contribution in [3.63, 3.8) is 0 Å². The zero-order chi connectivity index (χ0) is 14.6. The van der Waals surface area contributed by atoms with Crippen molar-refractivity contribution in [1.82, 2.24) is 0 Å². The molecule has 0 N–H and O–H groups in total. The lowest BCUT2D eigenvalue weighted by Crippen LogP contribution is -1.90. The normalized spacial score (nSPS) is 11.6. The van der Waals surface area contributed by atoms with E-state index >= 15 is 0 Å². The summed E-state index contributed by atoms with van der Waals surface area (Å²) in [6, 6.07) is 17.7. The number of hydrogen-bond acceptors (Lipinski definition) is 0. The molecule has 4 rings (SSSR count). The van der Waals surface area contributed by atoms with E-state index in [2.05, 4.69) is 50.2 Å². The molecule has 0 amide bonds. The zero-order valence-electron chi connectivity index (χ0n) is 12.1. The highest BCUT2D eigenvalue weighted by molar-refractivity contribution is 6.16. The van der Waals surface area contributed by atoms with Crippen LogP contribution in [0.1, 0.15) is 11.1 Å². The maximum atomic E-state index is 13.7. The molecule has 0 atom stereocenters. The fraction of sp³-hybridized carbons (Fsp3) is 0.100. The van der Waals surface area contributed by atoms with Gasteiger partial charge in [-0.3, -0.25) is 0 Å². The van der Waals surface area contributed by atoms with Crippen LogP contribution in [0.15, 0.2) is 54.6 Å². The van der Waals surface area contributed by atoms with Crippen molar-refractivity contribution < 1.29 is 4.39 Å². The minimum atomic E-state index is -0.180. The Morgan fingerprint density at radius 1 is 0.667 bits per heavy atom. The highest BCUT2D eigenvalue weighted by Gasteiger charge is 2.11. The van der Waals surface area contributed by atoms with Gasteiger partial charge in [-0.1, -0.05) is 42.5 Å². The molecule has 4 aromatic rings. The molecule has 1 heteroatoms. The van der Waals surface area contributed by atoms with Crippen LogP contribution in [0, 0.1) is 19.7 Å². The van der Waals surface area contributed by atoms with E-state index < -0.39 is 0 Å². The van der Waals surface area contributed by atoms with Gasteiger partial charge in [0.25, 0.3) is 0 Å². The fourth-order valence-electron chi connectivity index (χ4n) is 3.43. The Morgan fingerprint density at radius 2 is 1.33 bits per heavy atom. The Bertz CT molecular complexity index is 1010. The van der Waals surface area contributed by atoms with Gasteiger partial charge in [-0.2, -0.15) is 0 Å². The molecule has 0 unspecified atom stereocenters. The second-order valence-corrected chi connectivity index (χ2v) is 5.65. The smallest absolute Gasteiger partial charge is 0.123 e. The first kappa shape index (κ1) is 12.3. The molecule has 0 fully saturated rings. The molecule has 0 saturated heterocycles. The predicted molar refractivity (Wildman–Crippen MR) is 88.4 cm³/mol. The number of hydrogen-bond donors (Lipinski definition) is 0. The molecule has 0 bridgehead atoms. The third kappa shape index (κ3) is 1.67. The fourth-order valence-corrected chi connectivity index (χ4v) is 3.43. The number of aryl methyl sites for hydroxylation is 2. The maximum Gasteiger partial charge on any atom is 0.123 e. The second-order valence-electron chi connectivity index (χ2n) is 5.65. The lowest BCUT2D eigenvalue weighted by Gasteiger charge is -2.14. The molecule has 0 aromatic heterocycles. The molecule has 0 saturated carbocycles. The van der Waals surface area contributed by atoms with Crippen LogP contribution in [0.5, 0.6) is 0 Å². The van der Waals surface area contributed by atoms with Crippen molar-refractivity contribution >= 4 is 32.3 Å². The topological polar surface area (TPSA) is 0 Å². The van der Waals surface area contributed by atoms with Crippen molar-refractivity contribution in [2.24, 2.45) is 0 Å². The average molecular weight is 274 g/mol. The van der Waals surface area contributed by atoms with Crippen LogP contribution in [0.25, 0.3) is 32.3 Å². The van der Waals surface area contributed by atoms with E-state index in [9.17, 15) is 4.39 Å². The molecule has 4 aromatic carbocycles. The van der Waals surface area contributed by atoms with Gasteiger partial charge in [0.1, 0.15) is 5.82 Å². The Hall–Kier alpha value is -2.41. The van der Waals surface area contributed by atoms with Gasteiger partial charge in [-0.05, 0) is 69.4 Å². The summed E-state index contributed by atoms with van der Waals surface area (Å²) in [7, 11) is 0. The Kier molecular flexibility index (Phi) is 2.52. The molecule has 0 radical (unpaired) electrons. The van der Waals surface area contributed by atoms with Gasteiger partial charge in [0.15, 0.2) is 0 Å². The van der Waals surface area contributed by atoms with E-state index in [-0.39, 0.29) is 5.82 Å². The lowest BCUT2D eigenvalue weighted by atomic mass is 9.90. The van der Waals surface area contributed by atoms with Gasteiger partial charge in [0, 0.05) is 0 Å². The Morgan fingerprint density at radius 3 is 2.10 bits per heavy atom. The van der Waals surface area contributed by atoms with Gasteiger partial charge in [0.05, 0.1) is 0 Å². The van der Waals surface area contributed by atoms with E-state index in [0.717, 1.165) is 10.8 Å². The molecule has 0 aliphatic heterocycles. The van der Waals surface area contributed by atoms with E-state index in [4.69, 9.17) is 0 Å². The van der Waals surface area contributed by atoms with Crippen LogP contribution >= 0.6 is 0 Å². The summed E-state index contributed by atoms with van der Waals surface area (Å²) >= 11 is 0. The van der Waals surface area contributed by atoms with Crippen molar-refractivity contribution in [3.8, 4) is 0 Å². The van der Waals surface area contributed by atoms with Crippen molar-refractivity contribution in [2.75, 3.05) is 0 Å². The monoisotopic (exact) mass is 274 g/mol. The van der Waals surface area contributed by atoms with Crippen molar-refractivity contribution in [1.29, 1.82) is 0 Å². The molecular weight excluding hydrogens is 259 g/mol. The molecule has 0 nitrogen and oxygen atoms in total. The van der Waals surface area contributed by atoms with Gasteiger partial charge in [-0.25, -0.2) is 4.39 Å². The van der Waals surface area contributed by atoms with Crippen LogP contribution in [0.2, 0.25) is 0 Å². The number of benzene rings is 4. The summed E-state index contributed by atoms with van der Waals surface area (Å²) in [5, 5.41) is 6.99. The molecule has 0 aliphatic carbocycles. The standard InChI is InChI=1S/C20H15F/c1-12-16-5-3-4-6-17(16)13(2)20-18(12)10-8-14-7-9-15(21)11-19(14)20/h3-11H,1-2H3. The summed E-state index contributed by atoms with van der Waals surface area (Å²) in [4.78, 5) is 0. The SMILES string of the molecule is Cc1c2ccccc2c(C)c2c1ccc1ccc(F)cc12. The molecule has 0 heterocycles. The lowest BCUT2D eigenvalue weighted by molar-refractivity contribution is 0.630. The molecule has 102 valence electrons. The summed E-state index contributed by atoms with van der Waals surface area (Å²) in [5.74, 6) is -0.180. The van der Waals surface area contributed by atoms with Crippen LogP contribution < -0.4 is 0 Å². The minimum Gasteiger partial charge on any atom is -0.207 e. The highest BCUT2D eigenvalue weighted by atomic mass is 19.1. The maximum absolute atomic E-state index is 13.7. The van der Waals surface area contributed by atoms with Crippen LogP contribution in [0.4, 0.5) is 4.39 Å². The minimum absolute atomic E-state index is 0.180. The predicted octanol–water partition coefficient (Wildman–Crippen LogP) is 5.90. The third-order valence-corrected chi connectivity index (χ3v) is 4.50. The van der Waals surface area contributed by atoms with Crippen LogP contribution in [0.3, 0.4) is 0 Å². The zero-order valence-corrected chi connectivity index (χ0v) is 12.1. The first-order valence-corrected chi connectivity index (χ1v) is 7.17. The van der Waals surface area contributed by atoms with Gasteiger partial charge >= 0.3 is 0 Å². The Labute approximate surface area is 122 Å². The third-order valence-electron chi connectivity index (χ3n) is 4.50. The molecule has 0 spiro atoms. The summed E-state index contributed by atoms with van der Waals surface area (Å²) in [6.45, 7) is 4.28. The number of halogens is 1. The first-order valence-electron chi connectivity index (χ1n) is 7.17. The van der Waals surface area contributed by atoms with Crippen LogP contribution in [-0.2, 0) is 0 Å².